The van der Waals surface area contributed by atoms with Gasteiger partial charge in [0.2, 0.25) is 0 Å². The third kappa shape index (κ3) is 4.32. The van der Waals surface area contributed by atoms with Gasteiger partial charge in [-0.05, 0) is 37.3 Å². The molecule has 0 atom stereocenters. The van der Waals surface area contributed by atoms with Crippen LogP contribution in [-0.4, -0.2) is 17.5 Å². The van der Waals surface area contributed by atoms with Crippen LogP contribution in [0.15, 0.2) is 67.0 Å². The number of benzene rings is 2. The smallest absolute Gasteiger partial charge is 0.257 e. The number of hydrogen-bond acceptors (Lipinski definition) is 4. The van der Waals surface area contributed by atoms with Gasteiger partial charge in [-0.25, -0.2) is 0 Å². The maximum Gasteiger partial charge on any atom is 0.257 e. The van der Waals surface area contributed by atoms with Gasteiger partial charge in [0.15, 0.2) is 0 Å². The molecule has 0 radical (unpaired) electrons. The summed E-state index contributed by atoms with van der Waals surface area (Å²) in [6, 6.07) is 16.4. The molecule has 0 unspecified atom stereocenters. The standard InChI is InChI=1S/C20H18ClN3O2/c1-2-26-19-10-6-5-9-18(19)23-15-11-14(12-22-13-15)20(25)24-17-8-4-3-7-16(17)21/h3-13,23H,2H2,1H3,(H,24,25). The fourth-order valence-electron chi connectivity index (χ4n) is 2.40. The zero-order chi connectivity index (χ0) is 18.4. The Kier molecular flexibility index (Phi) is 5.71. The van der Waals surface area contributed by atoms with Gasteiger partial charge < -0.3 is 15.4 Å². The zero-order valence-electron chi connectivity index (χ0n) is 14.2. The minimum atomic E-state index is -0.285. The Balaban J connectivity index is 1.78. The molecule has 2 aromatic carbocycles. The molecule has 0 aliphatic rings. The fourth-order valence-corrected chi connectivity index (χ4v) is 2.58. The number of carbonyl (C=O) groups excluding carboxylic acids is 1. The number of nitrogens with one attached hydrogen (secondary N) is 2. The highest BCUT2D eigenvalue weighted by Crippen LogP contribution is 2.27. The van der Waals surface area contributed by atoms with Crippen molar-refractivity contribution in [3.8, 4) is 5.75 Å². The molecular weight excluding hydrogens is 350 g/mol. The van der Waals surface area contributed by atoms with Gasteiger partial charge in [-0.15, -0.1) is 0 Å². The largest absolute Gasteiger partial charge is 0.492 e. The molecule has 0 saturated carbocycles. The fraction of sp³-hybridized carbons (Fsp3) is 0.100. The summed E-state index contributed by atoms with van der Waals surface area (Å²) < 4.78 is 5.60. The minimum Gasteiger partial charge on any atom is -0.492 e. The van der Waals surface area contributed by atoms with Gasteiger partial charge in [0, 0.05) is 6.20 Å². The van der Waals surface area contributed by atoms with Crippen LogP contribution >= 0.6 is 11.6 Å². The first-order valence-corrected chi connectivity index (χ1v) is 8.55. The second-order valence-corrected chi connectivity index (χ2v) is 5.86. The Labute approximate surface area is 157 Å². The van der Waals surface area contributed by atoms with E-state index in [4.69, 9.17) is 16.3 Å². The SMILES string of the molecule is CCOc1ccccc1Nc1cncc(C(=O)Nc2ccccc2Cl)c1. The van der Waals surface area contributed by atoms with Crippen molar-refractivity contribution in [2.24, 2.45) is 0 Å². The Morgan fingerprint density at radius 1 is 1.08 bits per heavy atom. The predicted octanol–water partition coefficient (Wildman–Crippen LogP) is 5.13. The number of halogens is 1. The lowest BCUT2D eigenvalue weighted by atomic mass is 10.2. The summed E-state index contributed by atoms with van der Waals surface area (Å²) in [6.45, 7) is 2.50. The molecule has 6 heteroatoms. The Bertz CT molecular complexity index is 915. The first-order valence-electron chi connectivity index (χ1n) is 8.17. The van der Waals surface area contributed by atoms with E-state index in [0.717, 1.165) is 11.4 Å². The van der Waals surface area contributed by atoms with E-state index in [9.17, 15) is 4.79 Å². The average molecular weight is 368 g/mol. The molecule has 1 heterocycles. The summed E-state index contributed by atoms with van der Waals surface area (Å²) in [7, 11) is 0. The number of rotatable bonds is 6. The average Bonchev–Trinajstić information content (AvgIpc) is 2.66. The van der Waals surface area contributed by atoms with Crippen molar-refractivity contribution >= 4 is 34.6 Å². The van der Waals surface area contributed by atoms with Gasteiger partial charge in [-0.2, -0.15) is 0 Å². The second kappa shape index (κ2) is 8.36. The number of amides is 1. The van der Waals surface area contributed by atoms with Crippen molar-refractivity contribution in [2.45, 2.75) is 6.92 Å². The molecule has 5 nitrogen and oxygen atoms in total. The number of anilines is 3. The summed E-state index contributed by atoms with van der Waals surface area (Å²) in [5.74, 6) is 0.452. The molecule has 2 N–H and O–H groups in total. The van der Waals surface area contributed by atoms with Crippen LogP contribution in [-0.2, 0) is 0 Å². The molecule has 0 saturated heterocycles. The monoisotopic (exact) mass is 367 g/mol. The van der Waals surface area contributed by atoms with Gasteiger partial charge in [0.1, 0.15) is 5.75 Å². The van der Waals surface area contributed by atoms with Crippen LogP contribution in [0.2, 0.25) is 5.02 Å². The molecule has 0 aliphatic heterocycles. The van der Waals surface area contributed by atoms with Crippen LogP contribution in [0.1, 0.15) is 17.3 Å². The van der Waals surface area contributed by atoms with E-state index in [0.29, 0.717) is 28.6 Å². The van der Waals surface area contributed by atoms with E-state index in [1.807, 2.05) is 37.3 Å². The quantitative estimate of drug-likeness (QED) is 0.634. The van der Waals surface area contributed by atoms with Gasteiger partial charge in [0.25, 0.3) is 5.91 Å². The van der Waals surface area contributed by atoms with Crippen molar-refractivity contribution in [1.82, 2.24) is 4.98 Å². The highest BCUT2D eigenvalue weighted by molar-refractivity contribution is 6.33. The van der Waals surface area contributed by atoms with Crippen LogP contribution in [0.25, 0.3) is 0 Å². The summed E-state index contributed by atoms with van der Waals surface area (Å²) in [4.78, 5) is 16.6. The van der Waals surface area contributed by atoms with Crippen LogP contribution in [0.5, 0.6) is 5.75 Å². The molecule has 132 valence electrons. The van der Waals surface area contributed by atoms with Gasteiger partial charge in [-0.3, -0.25) is 9.78 Å². The highest BCUT2D eigenvalue weighted by atomic mass is 35.5. The number of ether oxygens (including phenoxy) is 1. The molecule has 0 bridgehead atoms. The van der Waals surface area contributed by atoms with E-state index in [-0.39, 0.29) is 5.91 Å². The first kappa shape index (κ1) is 17.8. The third-order valence-electron chi connectivity index (χ3n) is 3.59. The van der Waals surface area contributed by atoms with Crippen molar-refractivity contribution in [3.05, 3.63) is 77.6 Å². The van der Waals surface area contributed by atoms with Crippen LogP contribution in [0.3, 0.4) is 0 Å². The molecule has 3 aromatic rings. The topological polar surface area (TPSA) is 63.2 Å². The highest BCUT2D eigenvalue weighted by Gasteiger charge is 2.10. The lowest BCUT2D eigenvalue weighted by molar-refractivity contribution is 0.102. The maximum atomic E-state index is 12.5. The first-order chi connectivity index (χ1) is 12.7. The Morgan fingerprint density at radius 2 is 1.81 bits per heavy atom. The van der Waals surface area contributed by atoms with Crippen molar-refractivity contribution in [1.29, 1.82) is 0 Å². The summed E-state index contributed by atoms with van der Waals surface area (Å²) in [6.07, 6.45) is 3.15. The summed E-state index contributed by atoms with van der Waals surface area (Å²) in [5.41, 5.74) is 2.46. The van der Waals surface area contributed by atoms with E-state index < -0.39 is 0 Å². The third-order valence-corrected chi connectivity index (χ3v) is 3.92. The maximum absolute atomic E-state index is 12.5. The molecule has 0 aliphatic carbocycles. The molecule has 26 heavy (non-hydrogen) atoms. The Hall–Kier alpha value is -3.05. The van der Waals surface area contributed by atoms with Crippen LogP contribution < -0.4 is 15.4 Å². The van der Waals surface area contributed by atoms with Crippen LogP contribution in [0, 0.1) is 0 Å². The predicted molar refractivity (Wildman–Crippen MR) is 105 cm³/mol. The molecule has 0 spiro atoms. The number of nitrogens with zero attached hydrogens (tertiary/aromatic N) is 1. The molecule has 3 rings (SSSR count). The number of aromatic nitrogens is 1. The van der Waals surface area contributed by atoms with Crippen molar-refractivity contribution in [2.75, 3.05) is 17.2 Å². The van der Waals surface area contributed by atoms with Gasteiger partial charge >= 0.3 is 0 Å². The number of para-hydroxylation sites is 3. The number of pyridine rings is 1. The zero-order valence-corrected chi connectivity index (χ0v) is 15.0. The van der Waals surface area contributed by atoms with Crippen molar-refractivity contribution in [3.63, 3.8) is 0 Å². The lowest BCUT2D eigenvalue weighted by Crippen LogP contribution is -2.12. The molecule has 1 aromatic heterocycles. The van der Waals surface area contributed by atoms with E-state index >= 15 is 0 Å². The minimum absolute atomic E-state index is 0.285. The summed E-state index contributed by atoms with van der Waals surface area (Å²) in [5, 5.41) is 6.50. The van der Waals surface area contributed by atoms with Gasteiger partial charge in [0.05, 0.1) is 40.5 Å². The number of carbonyl (C=O) groups is 1. The molecule has 0 fully saturated rings. The molecule has 1 amide bonds. The van der Waals surface area contributed by atoms with E-state index in [1.54, 1.807) is 30.5 Å². The molecular formula is C20H18ClN3O2. The normalized spacial score (nSPS) is 10.2. The van der Waals surface area contributed by atoms with Gasteiger partial charge in [-0.1, -0.05) is 35.9 Å². The number of hydrogen-bond donors (Lipinski definition) is 2. The van der Waals surface area contributed by atoms with Crippen LogP contribution in [0.4, 0.5) is 17.1 Å². The Morgan fingerprint density at radius 3 is 2.58 bits per heavy atom. The lowest BCUT2D eigenvalue weighted by Gasteiger charge is -2.13. The summed E-state index contributed by atoms with van der Waals surface area (Å²) >= 11 is 6.08. The van der Waals surface area contributed by atoms with E-state index in [2.05, 4.69) is 15.6 Å². The van der Waals surface area contributed by atoms with E-state index in [1.165, 1.54) is 6.20 Å². The van der Waals surface area contributed by atoms with Crippen molar-refractivity contribution < 1.29 is 9.53 Å². The second-order valence-electron chi connectivity index (χ2n) is 5.45.